The van der Waals surface area contributed by atoms with E-state index >= 15 is 0 Å². The number of ether oxygens (including phenoxy) is 1. The summed E-state index contributed by atoms with van der Waals surface area (Å²) >= 11 is 0. The first kappa shape index (κ1) is 14.2. The van der Waals surface area contributed by atoms with E-state index in [1.54, 1.807) is 7.11 Å². The highest BCUT2D eigenvalue weighted by molar-refractivity contribution is 5.58. The maximum atomic E-state index is 5.46. The van der Waals surface area contributed by atoms with E-state index in [0.717, 1.165) is 31.1 Å². The van der Waals surface area contributed by atoms with Gasteiger partial charge >= 0.3 is 0 Å². The van der Waals surface area contributed by atoms with E-state index in [9.17, 15) is 0 Å². The van der Waals surface area contributed by atoms with Gasteiger partial charge in [0.1, 0.15) is 5.75 Å². The van der Waals surface area contributed by atoms with Crippen LogP contribution in [0.1, 0.15) is 18.4 Å². The van der Waals surface area contributed by atoms with Crippen LogP contribution in [0, 0.1) is 0 Å². The molecule has 4 nitrogen and oxygen atoms in total. The maximum Gasteiger partial charge on any atom is 0.141 e. The molecule has 106 valence electrons. The largest absolute Gasteiger partial charge is 0.495 e. The molecular formula is C15H25N3O. The molecule has 1 aliphatic heterocycles. The van der Waals surface area contributed by atoms with Gasteiger partial charge in [0.05, 0.1) is 12.8 Å². The fourth-order valence-electron chi connectivity index (χ4n) is 2.52. The first-order chi connectivity index (χ1) is 9.19. The molecule has 0 saturated carbocycles. The molecule has 1 aliphatic rings. The molecule has 0 radical (unpaired) electrons. The van der Waals surface area contributed by atoms with Crippen molar-refractivity contribution in [3.8, 4) is 5.75 Å². The third kappa shape index (κ3) is 4.11. The molecular weight excluding hydrogens is 238 g/mol. The molecule has 0 atom stereocenters. The summed E-state index contributed by atoms with van der Waals surface area (Å²) in [5.74, 6) is 0.932. The number of methoxy groups -OCH3 is 1. The van der Waals surface area contributed by atoms with Crippen molar-refractivity contribution in [2.24, 2.45) is 0 Å². The lowest BCUT2D eigenvalue weighted by atomic mass is 10.1. The van der Waals surface area contributed by atoms with Gasteiger partial charge in [0.2, 0.25) is 0 Å². The zero-order valence-electron chi connectivity index (χ0n) is 12.2. The second kappa shape index (κ2) is 6.78. The van der Waals surface area contributed by atoms with Gasteiger partial charge < -0.3 is 20.3 Å². The summed E-state index contributed by atoms with van der Waals surface area (Å²) in [5.41, 5.74) is 2.43. The Morgan fingerprint density at radius 2 is 2.05 bits per heavy atom. The Bertz CT molecular complexity index is 400. The van der Waals surface area contributed by atoms with Crippen LogP contribution < -0.4 is 15.4 Å². The molecule has 1 heterocycles. The summed E-state index contributed by atoms with van der Waals surface area (Å²) in [5, 5.41) is 7.02. The summed E-state index contributed by atoms with van der Waals surface area (Å²) in [6.45, 7) is 3.14. The van der Waals surface area contributed by atoms with Crippen LogP contribution in [0.25, 0.3) is 0 Å². The molecule has 1 aromatic carbocycles. The monoisotopic (exact) mass is 263 g/mol. The van der Waals surface area contributed by atoms with Gasteiger partial charge in [-0.25, -0.2) is 0 Å². The molecule has 1 aromatic rings. The molecule has 0 aromatic heterocycles. The van der Waals surface area contributed by atoms with E-state index in [1.807, 2.05) is 0 Å². The summed E-state index contributed by atoms with van der Waals surface area (Å²) < 4.78 is 5.46. The van der Waals surface area contributed by atoms with Gasteiger partial charge in [-0.3, -0.25) is 0 Å². The van der Waals surface area contributed by atoms with Crippen LogP contribution >= 0.6 is 0 Å². The third-order valence-electron chi connectivity index (χ3n) is 3.46. The molecule has 0 unspecified atom stereocenters. The van der Waals surface area contributed by atoms with Crippen molar-refractivity contribution in [2.75, 3.05) is 39.6 Å². The van der Waals surface area contributed by atoms with Gasteiger partial charge in [0.25, 0.3) is 0 Å². The highest BCUT2D eigenvalue weighted by Crippen LogP contribution is 2.27. The van der Waals surface area contributed by atoms with Crippen LogP contribution in [0.3, 0.4) is 0 Å². The van der Waals surface area contributed by atoms with Crippen molar-refractivity contribution >= 4 is 5.69 Å². The second-order valence-corrected chi connectivity index (χ2v) is 5.44. The quantitative estimate of drug-likeness (QED) is 0.851. The van der Waals surface area contributed by atoms with Gasteiger partial charge in [-0.15, -0.1) is 0 Å². The Morgan fingerprint density at radius 3 is 2.68 bits per heavy atom. The second-order valence-electron chi connectivity index (χ2n) is 5.44. The summed E-state index contributed by atoms with van der Waals surface area (Å²) in [6.07, 6.45) is 2.34. The maximum absolute atomic E-state index is 5.46. The number of rotatable bonds is 5. The summed E-state index contributed by atoms with van der Waals surface area (Å²) in [7, 11) is 5.91. The molecule has 0 amide bonds. The lowest BCUT2D eigenvalue weighted by Crippen LogP contribution is -2.35. The van der Waals surface area contributed by atoms with Crippen molar-refractivity contribution in [2.45, 2.75) is 25.4 Å². The molecule has 4 heteroatoms. The van der Waals surface area contributed by atoms with Crippen LogP contribution in [-0.2, 0) is 6.54 Å². The molecule has 2 rings (SSSR count). The van der Waals surface area contributed by atoms with Crippen LogP contribution in [0.5, 0.6) is 5.75 Å². The zero-order valence-corrected chi connectivity index (χ0v) is 12.2. The van der Waals surface area contributed by atoms with Crippen LogP contribution in [-0.4, -0.2) is 45.2 Å². The summed E-state index contributed by atoms with van der Waals surface area (Å²) in [4.78, 5) is 2.18. The van der Waals surface area contributed by atoms with Crippen LogP contribution in [0.15, 0.2) is 18.2 Å². The Morgan fingerprint density at radius 1 is 1.32 bits per heavy atom. The van der Waals surface area contributed by atoms with Crippen molar-refractivity contribution in [1.82, 2.24) is 10.2 Å². The van der Waals surface area contributed by atoms with E-state index in [2.05, 4.69) is 47.8 Å². The fraction of sp³-hybridized carbons (Fsp3) is 0.600. The van der Waals surface area contributed by atoms with Gasteiger partial charge in [-0.1, -0.05) is 6.07 Å². The predicted molar refractivity (Wildman–Crippen MR) is 79.9 cm³/mol. The highest BCUT2D eigenvalue weighted by atomic mass is 16.5. The number of hydrogen-bond donors (Lipinski definition) is 2. The van der Waals surface area contributed by atoms with Crippen molar-refractivity contribution in [3.63, 3.8) is 0 Å². The molecule has 1 saturated heterocycles. The van der Waals surface area contributed by atoms with E-state index in [4.69, 9.17) is 4.74 Å². The molecule has 1 fully saturated rings. The number of anilines is 1. The van der Waals surface area contributed by atoms with E-state index in [1.165, 1.54) is 18.4 Å². The smallest absolute Gasteiger partial charge is 0.141 e. The van der Waals surface area contributed by atoms with E-state index in [0.29, 0.717) is 6.04 Å². The topological polar surface area (TPSA) is 36.5 Å². The SMILES string of the molecule is COc1ccc(CN(C)C)cc1NC1CCNCC1. The molecule has 19 heavy (non-hydrogen) atoms. The molecule has 0 bridgehead atoms. The first-order valence-corrected chi connectivity index (χ1v) is 6.98. The van der Waals surface area contributed by atoms with Crippen LogP contribution in [0.4, 0.5) is 5.69 Å². The Hall–Kier alpha value is -1.26. The molecule has 0 spiro atoms. The lowest BCUT2D eigenvalue weighted by molar-refractivity contribution is 0.399. The number of nitrogens with one attached hydrogen (secondary N) is 2. The van der Waals surface area contributed by atoms with Crippen molar-refractivity contribution in [1.29, 1.82) is 0 Å². The lowest BCUT2D eigenvalue weighted by Gasteiger charge is -2.26. The Balaban J connectivity index is 2.10. The van der Waals surface area contributed by atoms with Crippen LogP contribution in [0.2, 0.25) is 0 Å². The van der Waals surface area contributed by atoms with Crippen molar-refractivity contribution < 1.29 is 4.74 Å². The van der Waals surface area contributed by atoms with E-state index < -0.39 is 0 Å². The molecule has 2 N–H and O–H groups in total. The zero-order chi connectivity index (χ0) is 13.7. The van der Waals surface area contributed by atoms with Gasteiger partial charge in [0, 0.05) is 12.6 Å². The number of benzene rings is 1. The minimum Gasteiger partial charge on any atom is -0.495 e. The van der Waals surface area contributed by atoms with Gasteiger partial charge in [0.15, 0.2) is 0 Å². The predicted octanol–water partition coefficient (Wildman–Crippen LogP) is 1.92. The molecule has 0 aliphatic carbocycles. The standard InChI is InChI=1S/C15H25N3O/c1-18(2)11-12-4-5-15(19-3)14(10-12)17-13-6-8-16-9-7-13/h4-5,10,13,16-17H,6-9,11H2,1-3H3. The van der Waals surface area contributed by atoms with Crippen molar-refractivity contribution in [3.05, 3.63) is 23.8 Å². The number of piperidine rings is 1. The fourth-order valence-corrected chi connectivity index (χ4v) is 2.52. The minimum atomic E-state index is 0.546. The normalized spacial score (nSPS) is 16.6. The number of hydrogen-bond acceptors (Lipinski definition) is 4. The Labute approximate surface area is 116 Å². The summed E-state index contributed by atoms with van der Waals surface area (Å²) in [6, 6.07) is 6.94. The van der Waals surface area contributed by atoms with E-state index in [-0.39, 0.29) is 0 Å². The Kier molecular flexibility index (Phi) is 5.05. The first-order valence-electron chi connectivity index (χ1n) is 6.98. The highest BCUT2D eigenvalue weighted by Gasteiger charge is 2.14. The third-order valence-corrected chi connectivity index (χ3v) is 3.46. The van der Waals surface area contributed by atoms with Gasteiger partial charge in [-0.05, 0) is 57.7 Å². The number of nitrogens with zero attached hydrogens (tertiary/aromatic N) is 1. The average Bonchev–Trinajstić information content (AvgIpc) is 2.39. The van der Waals surface area contributed by atoms with Gasteiger partial charge in [-0.2, -0.15) is 0 Å². The average molecular weight is 263 g/mol. The minimum absolute atomic E-state index is 0.546.